The molecule has 1 aliphatic heterocycles. The molecule has 0 radical (unpaired) electrons. The van der Waals surface area contributed by atoms with Crippen molar-refractivity contribution in [2.45, 2.75) is 32.4 Å². The molecule has 0 spiro atoms. The van der Waals surface area contributed by atoms with Gasteiger partial charge in [0.15, 0.2) is 0 Å². The van der Waals surface area contributed by atoms with Crippen molar-refractivity contribution in [1.29, 1.82) is 0 Å². The largest absolute Gasteiger partial charge is 0.387 e. The summed E-state index contributed by atoms with van der Waals surface area (Å²) in [6.07, 6.45) is 2.15. The average Bonchev–Trinajstić information content (AvgIpc) is 2.41. The van der Waals surface area contributed by atoms with Gasteiger partial charge in [-0.3, -0.25) is 4.98 Å². The minimum absolute atomic E-state index is 0.439. The summed E-state index contributed by atoms with van der Waals surface area (Å²) in [7, 11) is 2.17. The van der Waals surface area contributed by atoms with E-state index in [1.807, 2.05) is 19.2 Å². The number of hydrogen-bond donors (Lipinski definition) is 1. The summed E-state index contributed by atoms with van der Waals surface area (Å²) in [4.78, 5) is 9.10. The molecule has 2 atom stereocenters. The van der Waals surface area contributed by atoms with Gasteiger partial charge in [0.2, 0.25) is 0 Å². The minimum Gasteiger partial charge on any atom is -0.387 e. The molecule has 0 amide bonds. The normalized spacial score (nSPS) is 23.1. The molecule has 1 N–H and O–H groups in total. The van der Waals surface area contributed by atoms with Gasteiger partial charge in [-0.15, -0.1) is 0 Å². The van der Waals surface area contributed by atoms with Crippen LogP contribution in [0.1, 0.15) is 32.1 Å². The van der Waals surface area contributed by atoms with Gasteiger partial charge in [-0.25, -0.2) is 0 Å². The van der Waals surface area contributed by atoms with E-state index in [0.29, 0.717) is 12.5 Å². The summed E-state index contributed by atoms with van der Waals surface area (Å²) in [6, 6.07) is 4.57. The number of hydrogen-bond acceptors (Lipinski definition) is 4. The van der Waals surface area contributed by atoms with E-state index in [4.69, 9.17) is 0 Å². The molecule has 2 rings (SSSR count). The lowest BCUT2D eigenvalue weighted by Gasteiger charge is -2.38. The second kappa shape index (κ2) is 5.67. The molecular weight excluding hydrogens is 226 g/mol. The first-order valence-electron chi connectivity index (χ1n) is 6.71. The van der Waals surface area contributed by atoms with E-state index < -0.39 is 6.10 Å². The molecular formula is C14H23N3O. The number of anilines is 1. The van der Waals surface area contributed by atoms with Crippen LogP contribution < -0.4 is 4.90 Å². The zero-order valence-electron chi connectivity index (χ0n) is 11.5. The maximum Gasteiger partial charge on any atom is 0.0957 e. The number of aliphatic hydroxyl groups excluding tert-OH is 1. The summed E-state index contributed by atoms with van der Waals surface area (Å²) < 4.78 is 0. The molecule has 2 heterocycles. The Morgan fingerprint density at radius 3 is 2.78 bits per heavy atom. The highest BCUT2D eigenvalue weighted by Gasteiger charge is 2.21. The highest BCUT2D eigenvalue weighted by Crippen LogP contribution is 2.20. The van der Waals surface area contributed by atoms with E-state index in [0.717, 1.165) is 31.0 Å². The highest BCUT2D eigenvalue weighted by atomic mass is 16.3. The first-order valence-corrected chi connectivity index (χ1v) is 6.71. The molecule has 1 saturated heterocycles. The summed E-state index contributed by atoms with van der Waals surface area (Å²) >= 11 is 0. The van der Waals surface area contributed by atoms with Gasteiger partial charge in [0, 0.05) is 25.7 Å². The summed E-state index contributed by atoms with van der Waals surface area (Å²) in [5.74, 6) is 0. The molecule has 0 aliphatic carbocycles. The van der Waals surface area contributed by atoms with E-state index in [1.165, 1.54) is 0 Å². The third kappa shape index (κ3) is 2.82. The smallest absolute Gasteiger partial charge is 0.0957 e. The predicted molar refractivity (Wildman–Crippen MR) is 73.8 cm³/mol. The third-order valence-electron chi connectivity index (χ3n) is 3.82. The number of piperazine rings is 1. The Kier molecular flexibility index (Phi) is 4.19. The zero-order chi connectivity index (χ0) is 13.1. The van der Waals surface area contributed by atoms with Gasteiger partial charge in [0.05, 0.1) is 23.7 Å². The maximum atomic E-state index is 9.72. The van der Waals surface area contributed by atoms with Crippen LogP contribution in [0.25, 0.3) is 0 Å². The first kappa shape index (κ1) is 13.3. The molecule has 4 nitrogen and oxygen atoms in total. The molecule has 1 aliphatic rings. The second-order valence-corrected chi connectivity index (χ2v) is 5.14. The van der Waals surface area contributed by atoms with Crippen LogP contribution in [-0.4, -0.2) is 47.7 Å². The van der Waals surface area contributed by atoms with Crippen LogP contribution in [0.4, 0.5) is 5.69 Å². The molecule has 4 heteroatoms. The topological polar surface area (TPSA) is 39.6 Å². The van der Waals surface area contributed by atoms with E-state index in [9.17, 15) is 5.11 Å². The van der Waals surface area contributed by atoms with Crippen molar-refractivity contribution in [2.75, 3.05) is 31.6 Å². The van der Waals surface area contributed by atoms with Crippen molar-refractivity contribution in [3.8, 4) is 0 Å². The monoisotopic (exact) mass is 249 g/mol. The third-order valence-corrected chi connectivity index (χ3v) is 3.82. The molecule has 1 aromatic heterocycles. The standard InChI is InChI=1S/C14H23N3O/c1-4-14(18)13-6-5-12(9-15-13)17-8-7-16(3)11(2)10-17/h5-6,9,11,14,18H,4,7-8,10H2,1-3H3. The predicted octanol–water partition coefficient (Wildman–Crippen LogP) is 1.67. The molecule has 0 saturated carbocycles. The van der Waals surface area contributed by atoms with E-state index in [2.05, 4.69) is 34.8 Å². The van der Waals surface area contributed by atoms with E-state index >= 15 is 0 Å². The van der Waals surface area contributed by atoms with Crippen molar-refractivity contribution >= 4 is 5.69 Å². The number of rotatable bonds is 3. The number of likely N-dealkylation sites (N-methyl/N-ethyl adjacent to an activating group) is 1. The number of aliphatic hydroxyl groups is 1. The SMILES string of the molecule is CCC(O)c1ccc(N2CCN(C)C(C)C2)cn1. The molecule has 1 aromatic rings. The molecule has 18 heavy (non-hydrogen) atoms. The fraction of sp³-hybridized carbons (Fsp3) is 0.643. The Morgan fingerprint density at radius 2 is 2.22 bits per heavy atom. The number of nitrogens with zero attached hydrogens (tertiary/aromatic N) is 3. The van der Waals surface area contributed by atoms with Crippen LogP contribution in [0.5, 0.6) is 0 Å². The van der Waals surface area contributed by atoms with Crippen LogP contribution in [0.2, 0.25) is 0 Å². The fourth-order valence-electron chi connectivity index (χ4n) is 2.27. The molecule has 0 bridgehead atoms. The van der Waals surface area contributed by atoms with Gasteiger partial charge in [-0.05, 0) is 32.5 Å². The van der Waals surface area contributed by atoms with Crippen molar-refractivity contribution in [3.63, 3.8) is 0 Å². The summed E-state index contributed by atoms with van der Waals surface area (Å²) in [6.45, 7) is 7.36. The lowest BCUT2D eigenvalue weighted by atomic mass is 10.1. The zero-order valence-corrected chi connectivity index (χ0v) is 11.5. The Morgan fingerprint density at radius 1 is 1.44 bits per heavy atom. The Bertz CT molecular complexity index is 379. The van der Waals surface area contributed by atoms with Crippen LogP contribution in [0.15, 0.2) is 18.3 Å². The van der Waals surface area contributed by atoms with Gasteiger partial charge < -0.3 is 14.9 Å². The van der Waals surface area contributed by atoms with Crippen molar-refractivity contribution in [3.05, 3.63) is 24.0 Å². The number of aromatic nitrogens is 1. The lowest BCUT2D eigenvalue weighted by Crippen LogP contribution is -2.50. The Labute approximate surface area is 109 Å². The van der Waals surface area contributed by atoms with E-state index in [-0.39, 0.29) is 0 Å². The average molecular weight is 249 g/mol. The van der Waals surface area contributed by atoms with Crippen LogP contribution in [0, 0.1) is 0 Å². The lowest BCUT2D eigenvalue weighted by molar-refractivity contribution is 0.169. The molecule has 1 fully saturated rings. The Balaban J connectivity index is 2.06. The molecule has 100 valence electrons. The van der Waals surface area contributed by atoms with Gasteiger partial charge in [0.1, 0.15) is 0 Å². The fourth-order valence-corrected chi connectivity index (χ4v) is 2.27. The van der Waals surface area contributed by atoms with Gasteiger partial charge in [0.25, 0.3) is 0 Å². The Hall–Kier alpha value is -1.13. The number of pyridine rings is 1. The highest BCUT2D eigenvalue weighted by molar-refractivity contribution is 5.45. The maximum absolute atomic E-state index is 9.72. The van der Waals surface area contributed by atoms with Gasteiger partial charge >= 0.3 is 0 Å². The quantitative estimate of drug-likeness (QED) is 0.884. The molecule has 2 unspecified atom stereocenters. The van der Waals surface area contributed by atoms with E-state index in [1.54, 1.807) is 0 Å². The van der Waals surface area contributed by atoms with Crippen molar-refractivity contribution < 1.29 is 5.11 Å². The minimum atomic E-state index is -0.439. The van der Waals surface area contributed by atoms with Gasteiger partial charge in [-0.2, -0.15) is 0 Å². The second-order valence-electron chi connectivity index (χ2n) is 5.14. The van der Waals surface area contributed by atoms with Crippen molar-refractivity contribution in [2.24, 2.45) is 0 Å². The van der Waals surface area contributed by atoms with Crippen LogP contribution in [0.3, 0.4) is 0 Å². The van der Waals surface area contributed by atoms with Crippen LogP contribution >= 0.6 is 0 Å². The molecule has 0 aromatic carbocycles. The first-order chi connectivity index (χ1) is 8.61. The van der Waals surface area contributed by atoms with Crippen molar-refractivity contribution in [1.82, 2.24) is 9.88 Å². The van der Waals surface area contributed by atoms with Crippen LogP contribution in [-0.2, 0) is 0 Å². The summed E-state index contributed by atoms with van der Waals surface area (Å²) in [5, 5.41) is 9.72. The van der Waals surface area contributed by atoms with Gasteiger partial charge in [-0.1, -0.05) is 6.92 Å². The summed E-state index contributed by atoms with van der Waals surface area (Å²) in [5.41, 5.74) is 1.92.